The molecule has 2 heterocycles. The van der Waals surface area contributed by atoms with E-state index in [9.17, 15) is 0 Å². The molecule has 0 saturated heterocycles. The lowest BCUT2D eigenvalue weighted by atomic mass is 10.2. The van der Waals surface area contributed by atoms with Crippen molar-refractivity contribution in [2.24, 2.45) is 0 Å². The molecule has 0 amide bonds. The summed E-state index contributed by atoms with van der Waals surface area (Å²) in [5.74, 6) is 0. The van der Waals surface area contributed by atoms with Gasteiger partial charge in [0.25, 0.3) is 0 Å². The van der Waals surface area contributed by atoms with Crippen LogP contribution in [0.1, 0.15) is 30.5 Å². The molecule has 2 nitrogen and oxygen atoms in total. The Morgan fingerprint density at radius 2 is 2.25 bits per heavy atom. The fourth-order valence-corrected chi connectivity index (χ4v) is 2.57. The average Bonchev–Trinajstić information content (AvgIpc) is 2.96. The number of aromatic nitrogens is 1. The first kappa shape index (κ1) is 11.4. The van der Waals surface area contributed by atoms with Crippen LogP contribution in [0.25, 0.3) is 0 Å². The van der Waals surface area contributed by atoms with E-state index in [0.29, 0.717) is 6.04 Å². The van der Waals surface area contributed by atoms with Crippen LogP contribution >= 0.6 is 11.3 Å². The summed E-state index contributed by atoms with van der Waals surface area (Å²) >= 11 is 1.81. The summed E-state index contributed by atoms with van der Waals surface area (Å²) in [4.78, 5) is 1.40. The molecule has 0 saturated carbocycles. The summed E-state index contributed by atoms with van der Waals surface area (Å²) in [5, 5.41) is 5.68. The molecule has 0 fully saturated rings. The second-order valence-electron chi connectivity index (χ2n) is 3.90. The number of aryl methyl sites for hydroxylation is 1. The summed E-state index contributed by atoms with van der Waals surface area (Å²) in [5.41, 5.74) is 1.35. The minimum atomic E-state index is 0.431. The average molecular weight is 234 g/mol. The first-order chi connectivity index (χ1) is 7.81. The highest BCUT2D eigenvalue weighted by atomic mass is 32.1. The van der Waals surface area contributed by atoms with E-state index in [-0.39, 0.29) is 0 Å². The van der Waals surface area contributed by atoms with Crippen molar-refractivity contribution in [1.82, 2.24) is 9.88 Å². The van der Waals surface area contributed by atoms with Gasteiger partial charge in [0.1, 0.15) is 0 Å². The number of thiophene rings is 1. The van der Waals surface area contributed by atoms with Crippen LogP contribution in [0.2, 0.25) is 0 Å². The standard InChI is InChI=1S/C13H18N2S/c1-3-15-8-4-6-12(15)10-14-11(2)13-7-5-9-16-13/h4-9,11,14H,3,10H2,1-2H3. The predicted octanol–water partition coefficient (Wildman–Crippen LogP) is 3.42. The Morgan fingerprint density at radius 1 is 1.38 bits per heavy atom. The highest BCUT2D eigenvalue weighted by molar-refractivity contribution is 7.10. The zero-order valence-corrected chi connectivity index (χ0v) is 10.6. The smallest absolute Gasteiger partial charge is 0.0389 e. The van der Waals surface area contributed by atoms with Gasteiger partial charge in [-0.25, -0.2) is 0 Å². The Hall–Kier alpha value is -1.06. The molecule has 0 aromatic carbocycles. The zero-order chi connectivity index (χ0) is 11.4. The fraction of sp³-hybridized carbons (Fsp3) is 0.385. The van der Waals surface area contributed by atoms with Gasteiger partial charge >= 0.3 is 0 Å². The first-order valence-corrected chi connectivity index (χ1v) is 6.60. The summed E-state index contributed by atoms with van der Waals surface area (Å²) in [6.07, 6.45) is 2.13. The monoisotopic (exact) mass is 234 g/mol. The van der Waals surface area contributed by atoms with E-state index < -0.39 is 0 Å². The van der Waals surface area contributed by atoms with Crippen molar-refractivity contribution in [2.75, 3.05) is 0 Å². The van der Waals surface area contributed by atoms with Crippen LogP contribution in [0.4, 0.5) is 0 Å². The topological polar surface area (TPSA) is 17.0 Å². The maximum absolute atomic E-state index is 3.55. The van der Waals surface area contributed by atoms with Crippen LogP contribution < -0.4 is 5.32 Å². The van der Waals surface area contributed by atoms with Gasteiger partial charge in [-0.05, 0) is 37.4 Å². The van der Waals surface area contributed by atoms with E-state index >= 15 is 0 Å². The number of hydrogen-bond acceptors (Lipinski definition) is 2. The van der Waals surface area contributed by atoms with Gasteiger partial charge in [0.05, 0.1) is 0 Å². The lowest BCUT2D eigenvalue weighted by molar-refractivity contribution is 0.556. The number of hydrogen-bond donors (Lipinski definition) is 1. The molecule has 16 heavy (non-hydrogen) atoms. The third-order valence-corrected chi connectivity index (χ3v) is 3.88. The molecule has 3 heteroatoms. The molecule has 1 atom stereocenters. The van der Waals surface area contributed by atoms with Crippen molar-refractivity contribution in [3.63, 3.8) is 0 Å². The third-order valence-electron chi connectivity index (χ3n) is 2.82. The first-order valence-electron chi connectivity index (χ1n) is 5.72. The number of nitrogens with one attached hydrogen (secondary N) is 1. The highest BCUT2D eigenvalue weighted by Crippen LogP contribution is 2.18. The van der Waals surface area contributed by atoms with Gasteiger partial charge in [-0.1, -0.05) is 6.07 Å². The van der Waals surface area contributed by atoms with Gasteiger partial charge in [-0.15, -0.1) is 11.3 Å². The van der Waals surface area contributed by atoms with Gasteiger partial charge in [0, 0.05) is 35.9 Å². The van der Waals surface area contributed by atoms with Crippen LogP contribution in [-0.2, 0) is 13.1 Å². The summed E-state index contributed by atoms with van der Waals surface area (Å²) in [7, 11) is 0. The maximum Gasteiger partial charge on any atom is 0.0389 e. The number of rotatable bonds is 5. The molecule has 2 rings (SSSR count). The second-order valence-corrected chi connectivity index (χ2v) is 4.88. The summed E-state index contributed by atoms with van der Waals surface area (Å²) in [6, 6.07) is 9.00. The van der Waals surface area contributed by atoms with Gasteiger partial charge in [0.2, 0.25) is 0 Å². The van der Waals surface area contributed by atoms with Crippen molar-refractivity contribution >= 4 is 11.3 Å². The maximum atomic E-state index is 3.55. The van der Waals surface area contributed by atoms with Crippen molar-refractivity contribution in [2.45, 2.75) is 33.0 Å². The Morgan fingerprint density at radius 3 is 2.94 bits per heavy atom. The van der Waals surface area contributed by atoms with E-state index in [4.69, 9.17) is 0 Å². The lowest BCUT2D eigenvalue weighted by Crippen LogP contribution is -2.19. The quantitative estimate of drug-likeness (QED) is 0.839. The molecule has 0 radical (unpaired) electrons. The van der Waals surface area contributed by atoms with E-state index in [1.165, 1.54) is 10.6 Å². The Bertz CT molecular complexity index is 417. The van der Waals surface area contributed by atoms with Crippen molar-refractivity contribution < 1.29 is 0 Å². The number of nitrogens with zero attached hydrogens (tertiary/aromatic N) is 1. The zero-order valence-electron chi connectivity index (χ0n) is 9.81. The van der Waals surface area contributed by atoms with Gasteiger partial charge in [-0.2, -0.15) is 0 Å². The molecule has 86 valence electrons. The molecule has 0 spiro atoms. The van der Waals surface area contributed by atoms with Crippen molar-refractivity contribution in [3.8, 4) is 0 Å². The van der Waals surface area contributed by atoms with Gasteiger partial charge in [-0.3, -0.25) is 0 Å². The van der Waals surface area contributed by atoms with Crippen LogP contribution in [-0.4, -0.2) is 4.57 Å². The molecule has 0 aliphatic rings. The van der Waals surface area contributed by atoms with Crippen LogP contribution in [0, 0.1) is 0 Å². The molecule has 1 unspecified atom stereocenters. The van der Waals surface area contributed by atoms with E-state index in [2.05, 4.69) is 59.6 Å². The minimum absolute atomic E-state index is 0.431. The Labute approximate surface area is 101 Å². The largest absolute Gasteiger partial charge is 0.351 e. The molecule has 0 aliphatic heterocycles. The Kier molecular flexibility index (Phi) is 3.80. The molecule has 1 N–H and O–H groups in total. The van der Waals surface area contributed by atoms with Gasteiger partial charge in [0.15, 0.2) is 0 Å². The predicted molar refractivity (Wildman–Crippen MR) is 69.7 cm³/mol. The Balaban J connectivity index is 1.92. The van der Waals surface area contributed by atoms with Gasteiger partial charge < -0.3 is 9.88 Å². The highest BCUT2D eigenvalue weighted by Gasteiger charge is 2.06. The van der Waals surface area contributed by atoms with Crippen molar-refractivity contribution in [3.05, 3.63) is 46.4 Å². The second kappa shape index (κ2) is 5.32. The summed E-state index contributed by atoms with van der Waals surface area (Å²) in [6.45, 7) is 6.36. The SMILES string of the molecule is CCn1cccc1CNC(C)c1cccs1. The van der Waals surface area contributed by atoms with E-state index in [1.807, 2.05) is 11.3 Å². The molecule has 2 aromatic heterocycles. The van der Waals surface area contributed by atoms with Crippen LogP contribution in [0.5, 0.6) is 0 Å². The normalized spacial score (nSPS) is 12.9. The van der Waals surface area contributed by atoms with E-state index in [0.717, 1.165) is 13.1 Å². The van der Waals surface area contributed by atoms with E-state index in [1.54, 1.807) is 0 Å². The molecular weight excluding hydrogens is 216 g/mol. The van der Waals surface area contributed by atoms with Crippen LogP contribution in [0.3, 0.4) is 0 Å². The summed E-state index contributed by atoms with van der Waals surface area (Å²) < 4.78 is 2.27. The van der Waals surface area contributed by atoms with Crippen LogP contribution in [0.15, 0.2) is 35.8 Å². The molecule has 0 aliphatic carbocycles. The molecule has 0 bridgehead atoms. The lowest BCUT2D eigenvalue weighted by Gasteiger charge is -2.13. The fourth-order valence-electron chi connectivity index (χ4n) is 1.81. The molecular formula is C13H18N2S. The minimum Gasteiger partial charge on any atom is -0.351 e. The molecule has 2 aromatic rings. The van der Waals surface area contributed by atoms with Crippen molar-refractivity contribution in [1.29, 1.82) is 0 Å². The third kappa shape index (κ3) is 2.54.